The molecule has 1 saturated carbocycles. The van der Waals surface area contributed by atoms with Crippen molar-refractivity contribution >= 4 is 39.5 Å². The second-order valence-corrected chi connectivity index (χ2v) is 11.6. The van der Waals surface area contributed by atoms with Crippen LogP contribution in [-0.4, -0.2) is 49.4 Å². The molecule has 2 saturated heterocycles. The quantitative estimate of drug-likeness (QED) is 0.417. The van der Waals surface area contributed by atoms with Crippen LogP contribution < -0.4 is 15.1 Å². The van der Waals surface area contributed by atoms with Crippen molar-refractivity contribution in [3.63, 3.8) is 0 Å². The lowest BCUT2D eigenvalue weighted by atomic mass is 10.0. The zero-order chi connectivity index (χ0) is 26.0. The van der Waals surface area contributed by atoms with Gasteiger partial charge in [-0.2, -0.15) is 5.10 Å². The number of anilines is 3. The number of amides is 1. The van der Waals surface area contributed by atoms with Crippen molar-refractivity contribution in [2.24, 2.45) is 11.8 Å². The van der Waals surface area contributed by atoms with Crippen LogP contribution in [0.2, 0.25) is 0 Å². The van der Waals surface area contributed by atoms with Gasteiger partial charge in [0.2, 0.25) is 0 Å². The first-order valence-corrected chi connectivity index (χ1v) is 14.0. The van der Waals surface area contributed by atoms with Crippen LogP contribution >= 0.6 is 0 Å². The molecule has 8 nitrogen and oxygen atoms in total. The van der Waals surface area contributed by atoms with Gasteiger partial charge in [0.15, 0.2) is 5.65 Å². The molecule has 38 heavy (non-hydrogen) atoms. The Morgan fingerprint density at radius 2 is 1.95 bits per heavy atom. The van der Waals surface area contributed by atoms with Crippen molar-refractivity contribution in [2.45, 2.75) is 12.5 Å². The summed E-state index contributed by atoms with van der Waals surface area (Å²) in [6.07, 6.45) is 4.18. The highest BCUT2D eigenvalue weighted by molar-refractivity contribution is 7.85. The number of nitrogens with zero attached hydrogens (tertiary/aromatic N) is 5. The molecular weight excluding hydrogens is 510 g/mol. The minimum absolute atomic E-state index is 0.250. The highest BCUT2D eigenvalue weighted by atomic mass is 32.2. The van der Waals surface area contributed by atoms with E-state index < -0.39 is 22.4 Å². The summed E-state index contributed by atoms with van der Waals surface area (Å²) in [4.78, 5) is 22.0. The Labute approximate surface area is 219 Å². The van der Waals surface area contributed by atoms with Crippen molar-refractivity contribution in [1.29, 1.82) is 0 Å². The largest absolute Gasteiger partial charge is 0.359 e. The molecule has 7 rings (SSSR count). The van der Waals surface area contributed by atoms with Crippen LogP contribution in [0.1, 0.15) is 28.4 Å². The standard InChI is InChI=1S/C27H24F2N6O2S/c28-17-1-6-23(29)21(12-17)25-20-11-16(20)14-34(25)24-7-8-35-26(32-24)22(13-30-35)27(36)31-18-2-4-19(5-3-18)33-9-10-38(37)15-33/h1-8,12-13,16,20,25H,9-11,14-15H2,(H,31,36)/t16?,20?,25-,38?/m1/s1. The highest BCUT2D eigenvalue weighted by Crippen LogP contribution is 2.57. The minimum atomic E-state index is -0.819. The fraction of sp³-hybridized carbons (Fsp3) is 0.296. The molecular formula is C27H24F2N6O2S. The van der Waals surface area contributed by atoms with Crippen molar-refractivity contribution in [3.05, 3.63) is 83.7 Å². The normalized spacial score (nSPS) is 24.2. The van der Waals surface area contributed by atoms with Crippen molar-refractivity contribution in [2.75, 3.05) is 39.8 Å². The minimum Gasteiger partial charge on any atom is -0.359 e. The monoisotopic (exact) mass is 534 g/mol. The van der Waals surface area contributed by atoms with Gasteiger partial charge < -0.3 is 15.1 Å². The zero-order valence-corrected chi connectivity index (χ0v) is 21.1. The number of halogens is 2. The lowest BCUT2D eigenvalue weighted by Crippen LogP contribution is -2.28. The molecule has 1 aliphatic carbocycles. The zero-order valence-electron chi connectivity index (χ0n) is 20.3. The third-order valence-electron chi connectivity index (χ3n) is 7.70. The Balaban J connectivity index is 1.15. The smallest absolute Gasteiger partial charge is 0.261 e. The van der Waals surface area contributed by atoms with Gasteiger partial charge >= 0.3 is 0 Å². The third kappa shape index (κ3) is 4.01. The first-order valence-electron chi connectivity index (χ1n) is 12.5. The third-order valence-corrected chi connectivity index (χ3v) is 8.94. The van der Waals surface area contributed by atoms with E-state index >= 15 is 0 Å². The number of benzene rings is 2. The molecule has 4 atom stereocenters. The Morgan fingerprint density at radius 1 is 1.11 bits per heavy atom. The molecule has 4 heterocycles. The van der Waals surface area contributed by atoms with Gasteiger partial charge in [-0.15, -0.1) is 0 Å². The molecule has 0 spiro atoms. The molecule has 3 fully saturated rings. The number of carbonyl (C=O) groups is 1. The number of rotatable bonds is 5. The Bertz CT molecular complexity index is 1590. The Kier molecular flexibility index (Phi) is 5.43. The van der Waals surface area contributed by atoms with Crippen LogP contribution in [0.3, 0.4) is 0 Å². The van der Waals surface area contributed by atoms with E-state index in [0.717, 1.165) is 24.7 Å². The van der Waals surface area contributed by atoms with E-state index in [2.05, 4.69) is 15.3 Å². The lowest BCUT2D eigenvalue weighted by Gasteiger charge is -2.29. The van der Waals surface area contributed by atoms with E-state index in [-0.39, 0.29) is 17.9 Å². The summed E-state index contributed by atoms with van der Waals surface area (Å²) in [5.74, 6) is 1.21. The molecule has 4 aromatic rings. The number of aromatic nitrogens is 3. The van der Waals surface area contributed by atoms with E-state index in [0.29, 0.717) is 52.4 Å². The van der Waals surface area contributed by atoms with E-state index in [1.165, 1.54) is 22.8 Å². The maximum absolute atomic E-state index is 14.7. The maximum Gasteiger partial charge on any atom is 0.261 e. The molecule has 2 aromatic heterocycles. The second-order valence-electron chi connectivity index (χ2n) is 10.1. The van der Waals surface area contributed by atoms with Crippen LogP contribution in [0.25, 0.3) is 5.65 Å². The van der Waals surface area contributed by atoms with Crippen LogP contribution in [0.15, 0.2) is 60.9 Å². The SMILES string of the molecule is O=C(Nc1ccc(N2CCS(=O)C2)cc1)c1cnn2ccc(N3CC4CC4[C@@H]3c3cc(F)ccc3F)nc12. The Hall–Kier alpha value is -3.86. The predicted octanol–water partition coefficient (Wildman–Crippen LogP) is 3.98. The van der Waals surface area contributed by atoms with Crippen molar-refractivity contribution in [3.8, 4) is 0 Å². The molecule has 0 bridgehead atoms. The maximum atomic E-state index is 14.7. The van der Waals surface area contributed by atoms with Crippen LogP contribution in [0, 0.1) is 23.5 Å². The van der Waals surface area contributed by atoms with Gasteiger partial charge in [-0.05, 0) is 66.8 Å². The van der Waals surface area contributed by atoms with Crippen LogP contribution in [-0.2, 0) is 10.8 Å². The van der Waals surface area contributed by atoms with Crippen LogP contribution in [0.4, 0.5) is 26.0 Å². The molecule has 2 aromatic carbocycles. The molecule has 2 aliphatic heterocycles. The Morgan fingerprint density at radius 3 is 2.74 bits per heavy atom. The van der Waals surface area contributed by atoms with Gasteiger partial charge in [-0.3, -0.25) is 9.00 Å². The summed E-state index contributed by atoms with van der Waals surface area (Å²) in [7, 11) is -0.819. The molecule has 0 radical (unpaired) electrons. The topological polar surface area (TPSA) is 82.8 Å². The van der Waals surface area contributed by atoms with Crippen LogP contribution in [0.5, 0.6) is 0 Å². The molecule has 1 amide bonds. The van der Waals surface area contributed by atoms with E-state index in [9.17, 15) is 17.8 Å². The van der Waals surface area contributed by atoms with E-state index in [1.54, 1.807) is 12.3 Å². The highest BCUT2D eigenvalue weighted by Gasteiger charge is 2.54. The number of fused-ring (bicyclic) bond motifs is 2. The molecule has 1 N–H and O–H groups in total. The number of hydrogen-bond donors (Lipinski definition) is 1. The fourth-order valence-corrected chi connectivity index (χ4v) is 6.87. The van der Waals surface area contributed by atoms with Crippen molar-refractivity contribution < 1.29 is 17.8 Å². The number of nitrogens with one attached hydrogen (secondary N) is 1. The molecule has 194 valence electrons. The van der Waals surface area contributed by atoms with Gasteiger partial charge in [0.25, 0.3) is 5.91 Å². The van der Waals surface area contributed by atoms with Gasteiger partial charge in [0.05, 0.1) is 18.1 Å². The van der Waals surface area contributed by atoms with Gasteiger partial charge in [0, 0.05) is 52.8 Å². The van der Waals surface area contributed by atoms with Gasteiger partial charge in [0.1, 0.15) is 23.0 Å². The molecule has 3 aliphatic rings. The summed E-state index contributed by atoms with van der Waals surface area (Å²) < 4.78 is 41.9. The number of piperidine rings is 1. The van der Waals surface area contributed by atoms with E-state index in [1.807, 2.05) is 29.2 Å². The fourth-order valence-electron chi connectivity index (χ4n) is 5.69. The molecule has 3 unspecified atom stereocenters. The van der Waals surface area contributed by atoms with Crippen molar-refractivity contribution in [1.82, 2.24) is 14.6 Å². The summed E-state index contributed by atoms with van der Waals surface area (Å²) in [5, 5.41) is 7.18. The second kappa shape index (κ2) is 8.87. The summed E-state index contributed by atoms with van der Waals surface area (Å²) in [6, 6.07) is 12.5. The molecule has 11 heteroatoms. The summed E-state index contributed by atoms with van der Waals surface area (Å²) in [5.41, 5.74) is 2.62. The first kappa shape index (κ1) is 23.3. The average Bonchev–Trinajstić information content (AvgIpc) is 3.22. The van der Waals surface area contributed by atoms with Gasteiger partial charge in [-0.25, -0.2) is 18.3 Å². The van der Waals surface area contributed by atoms with Gasteiger partial charge in [-0.1, -0.05) is 0 Å². The lowest BCUT2D eigenvalue weighted by molar-refractivity contribution is 0.102. The number of hydrogen-bond acceptors (Lipinski definition) is 6. The average molecular weight is 535 g/mol. The summed E-state index contributed by atoms with van der Waals surface area (Å²) in [6.45, 7) is 1.45. The van der Waals surface area contributed by atoms with E-state index in [4.69, 9.17) is 4.98 Å². The summed E-state index contributed by atoms with van der Waals surface area (Å²) >= 11 is 0. The predicted molar refractivity (Wildman–Crippen MR) is 141 cm³/mol. The first-order chi connectivity index (χ1) is 18.4. The number of carbonyl (C=O) groups excluding carboxylic acids is 1.